The molecule has 11 nitrogen and oxygen atoms in total. The number of fused-ring (bicyclic) bond motifs is 2. The molecule has 44 heavy (non-hydrogen) atoms. The molecule has 2 aliphatic rings. The highest BCUT2D eigenvalue weighted by molar-refractivity contribution is 7.19. The maximum absolute atomic E-state index is 12.8. The van der Waals surface area contributed by atoms with Gasteiger partial charge in [0, 0.05) is 81.0 Å². The van der Waals surface area contributed by atoms with E-state index < -0.39 is 0 Å². The number of anilines is 1. The summed E-state index contributed by atoms with van der Waals surface area (Å²) in [6.07, 6.45) is 6.72. The molecule has 12 heteroatoms. The van der Waals surface area contributed by atoms with E-state index in [1.165, 1.54) is 4.88 Å². The average Bonchev–Trinajstić information content (AvgIpc) is 3.69. The Kier molecular flexibility index (Phi) is 9.60. The number of amides is 1. The van der Waals surface area contributed by atoms with Crippen LogP contribution in [0, 0.1) is 0 Å². The fourth-order valence-corrected chi connectivity index (χ4v) is 6.87. The molecule has 1 N–H and O–H groups in total. The molecule has 2 saturated heterocycles. The van der Waals surface area contributed by atoms with Crippen molar-refractivity contribution >= 4 is 50.0 Å². The summed E-state index contributed by atoms with van der Waals surface area (Å²) in [6, 6.07) is 8.26. The van der Waals surface area contributed by atoms with E-state index in [9.17, 15) is 9.59 Å². The molecule has 1 amide bonds. The molecule has 2 aliphatic heterocycles. The predicted octanol–water partition coefficient (Wildman–Crippen LogP) is 3.57. The topological polar surface area (TPSA) is 111 Å². The zero-order chi connectivity index (χ0) is 30.5. The molecular weight excluding hydrogens is 576 g/mol. The number of carbonyl (C=O) groups excluding carboxylic acids is 2. The molecule has 2 fully saturated rings. The number of benzene rings is 1. The van der Waals surface area contributed by atoms with Gasteiger partial charge in [-0.1, -0.05) is 18.2 Å². The Morgan fingerprint density at radius 3 is 2.68 bits per heavy atom. The van der Waals surface area contributed by atoms with Gasteiger partial charge in [0.05, 0.1) is 35.1 Å². The fourth-order valence-electron chi connectivity index (χ4n) is 5.71. The minimum Gasteiger partial charge on any atom is -0.378 e. The van der Waals surface area contributed by atoms with Crippen molar-refractivity contribution in [3.63, 3.8) is 0 Å². The van der Waals surface area contributed by atoms with Crippen LogP contribution in [0.3, 0.4) is 0 Å². The molecule has 6 rings (SSSR count). The minimum atomic E-state index is 0.0182. The smallest absolute Gasteiger partial charge is 0.223 e. The van der Waals surface area contributed by atoms with Crippen molar-refractivity contribution in [2.24, 2.45) is 0 Å². The number of nitrogens with zero attached hydrogens (tertiary/aromatic N) is 7. The predicted molar refractivity (Wildman–Crippen MR) is 174 cm³/mol. The van der Waals surface area contributed by atoms with Gasteiger partial charge in [0.25, 0.3) is 0 Å². The average molecular weight is 617 g/mol. The van der Waals surface area contributed by atoms with E-state index in [0.717, 1.165) is 78.2 Å². The number of thiophene rings is 1. The number of aromatic nitrogens is 4. The molecule has 232 valence electrons. The summed E-state index contributed by atoms with van der Waals surface area (Å²) in [6.45, 7) is 7.61. The highest BCUT2D eigenvalue weighted by Gasteiger charge is 2.24. The quantitative estimate of drug-likeness (QED) is 0.253. The van der Waals surface area contributed by atoms with Gasteiger partial charge in [-0.05, 0) is 38.7 Å². The third kappa shape index (κ3) is 7.15. The van der Waals surface area contributed by atoms with Gasteiger partial charge in [0.2, 0.25) is 5.91 Å². The van der Waals surface area contributed by atoms with Crippen molar-refractivity contribution in [2.45, 2.75) is 25.8 Å². The van der Waals surface area contributed by atoms with Gasteiger partial charge in [-0.15, -0.1) is 11.3 Å². The highest BCUT2D eigenvalue weighted by Crippen LogP contribution is 2.36. The Bertz CT molecular complexity index is 1630. The maximum Gasteiger partial charge on any atom is 0.223 e. The lowest BCUT2D eigenvalue weighted by Gasteiger charge is -2.34. The van der Waals surface area contributed by atoms with Crippen LogP contribution in [0.25, 0.3) is 32.5 Å². The molecule has 5 heterocycles. The second-order valence-corrected chi connectivity index (χ2v) is 12.8. The lowest BCUT2D eigenvalue weighted by molar-refractivity contribution is -0.134. The monoisotopic (exact) mass is 616 g/mol. The van der Waals surface area contributed by atoms with Crippen molar-refractivity contribution in [3.8, 4) is 11.4 Å². The molecule has 0 aliphatic carbocycles. The number of rotatable bonds is 11. The molecular formula is C32H40N8O3S. The van der Waals surface area contributed by atoms with Crippen molar-refractivity contribution in [1.82, 2.24) is 34.9 Å². The van der Waals surface area contributed by atoms with Crippen LogP contribution in [0.15, 0.2) is 42.6 Å². The normalized spacial score (nSPS) is 16.6. The summed E-state index contributed by atoms with van der Waals surface area (Å²) in [4.78, 5) is 45.0. The molecule has 0 spiro atoms. The van der Waals surface area contributed by atoms with Crippen LogP contribution in [-0.2, 0) is 20.9 Å². The Hall–Kier alpha value is -3.71. The van der Waals surface area contributed by atoms with Crippen molar-refractivity contribution in [3.05, 3.63) is 47.5 Å². The van der Waals surface area contributed by atoms with Gasteiger partial charge in [0.15, 0.2) is 17.4 Å². The fraction of sp³-hybridized carbons (Fsp3) is 0.469. The molecule has 0 unspecified atom stereocenters. The summed E-state index contributed by atoms with van der Waals surface area (Å²) >= 11 is 1.75. The SMILES string of the molecule is CN(C)CCC=CC(=O)CCC(=O)N1CCN(Cc2cc3nc(-c4cccc5[nH]ncc45)nc(N4CCOCC4)c3s2)CC1. The number of nitrogens with one attached hydrogen (secondary N) is 1. The molecule has 0 radical (unpaired) electrons. The zero-order valence-corrected chi connectivity index (χ0v) is 26.3. The van der Waals surface area contributed by atoms with E-state index in [-0.39, 0.29) is 24.5 Å². The lowest BCUT2D eigenvalue weighted by Crippen LogP contribution is -2.48. The number of morpholine rings is 1. The van der Waals surface area contributed by atoms with E-state index in [4.69, 9.17) is 14.7 Å². The Morgan fingerprint density at radius 2 is 1.89 bits per heavy atom. The number of H-pyrrole nitrogens is 1. The second-order valence-electron chi connectivity index (χ2n) is 11.7. The van der Waals surface area contributed by atoms with Crippen LogP contribution >= 0.6 is 11.3 Å². The zero-order valence-electron chi connectivity index (χ0n) is 25.5. The first-order valence-electron chi connectivity index (χ1n) is 15.3. The summed E-state index contributed by atoms with van der Waals surface area (Å²) in [7, 11) is 4.02. The number of hydrogen-bond donors (Lipinski definition) is 1. The van der Waals surface area contributed by atoms with Gasteiger partial charge in [-0.2, -0.15) is 5.10 Å². The van der Waals surface area contributed by atoms with E-state index in [0.29, 0.717) is 32.1 Å². The van der Waals surface area contributed by atoms with Crippen molar-refractivity contribution < 1.29 is 14.3 Å². The largest absolute Gasteiger partial charge is 0.378 e. The third-order valence-electron chi connectivity index (χ3n) is 8.18. The van der Waals surface area contributed by atoms with Crippen LogP contribution in [0.1, 0.15) is 24.1 Å². The van der Waals surface area contributed by atoms with Crippen LogP contribution in [0.5, 0.6) is 0 Å². The number of allylic oxidation sites excluding steroid dienone is 1. The highest BCUT2D eigenvalue weighted by atomic mass is 32.1. The van der Waals surface area contributed by atoms with Crippen LogP contribution in [0.2, 0.25) is 0 Å². The molecule has 0 atom stereocenters. The van der Waals surface area contributed by atoms with Crippen LogP contribution in [0.4, 0.5) is 5.82 Å². The van der Waals surface area contributed by atoms with E-state index in [1.54, 1.807) is 17.4 Å². The van der Waals surface area contributed by atoms with Crippen molar-refractivity contribution in [1.29, 1.82) is 0 Å². The van der Waals surface area contributed by atoms with E-state index in [2.05, 4.69) is 37.0 Å². The van der Waals surface area contributed by atoms with Crippen LogP contribution < -0.4 is 4.90 Å². The maximum atomic E-state index is 12.8. The number of ketones is 1. The summed E-state index contributed by atoms with van der Waals surface area (Å²) in [5, 5.41) is 8.28. The van der Waals surface area contributed by atoms with E-state index >= 15 is 0 Å². The number of piperazine rings is 1. The summed E-state index contributed by atoms with van der Waals surface area (Å²) in [5.41, 5.74) is 2.87. The second kappa shape index (κ2) is 13.9. The van der Waals surface area contributed by atoms with Gasteiger partial charge in [-0.3, -0.25) is 19.6 Å². The van der Waals surface area contributed by atoms with Gasteiger partial charge in [-0.25, -0.2) is 9.97 Å². The summed E-state index contributed by atoms with van der Waals surface area (Å²) < 4.78 is 6.73. The number of ether oxygens (including phenoxy) is 1. The van der Waals surface area contributed by atoms with Crippen LogP contribution in [-0.4, -0.2) is 120 Å². The van der Waals surface area contributed by atoms with Gasteiger partial charge >= 0.3 is 0 Å². The molecule has 0 bridgehead atoms. The third-order valence-corrected chi connectivity index (χ3v) is 9.28. The Balaban J connectivity index is 1.11. The molecule has 4 aromatic rings. The lowest BCUT2D eigenvalue weighted by atomic mass is 10.1. The molecule has 0 saturated carbocycles. The summed E-state index contributed by atoms with van der Waals surface area (Å²) in [5.74, 6) is 1.74. The van der Waals surface area contributed by atoms with Gasteiger partial charge in [0.1, 0.15) is 0 Å². The Labute approximate surface area is 261 Å². The van der Waals surface area contributed by atoms with Gasteiger partial charge < -0.3 is 19.4 Å². The first-order chi connectivity index (χ1) is 21.4. The molecule has 3 aromatic heterocycles. The van der Waals surface area contributed by atoms with Crippen molar-refractivity contribution in [2.75, 3.05) is 78.0 Å². The number of hydrogen-bond acceptors (Lipinski definition) is 10. The number of aromatic amines is 1. The first kappa shape index (κ1) is 30.3. The first-order valence-corrected chi connectivity index (χ1v) is 16.2. The molecule has 1 aromatic carbocycles. The number of carbonyl (C=O) groups is 2. The minimum absolute atomic E-state index is 0.0182. The standard InChI is InChI=1S/C32H40N8O3S/c1-37(2)11-4-3-6-23(41)9-10-29(42)39-14-12-38(13-15-39)22-24-20-28-30(44-24)32(40-16-18-43-19-17-40)35-31(34-28)25-7-5-8-27-26(25)21-33-36-27/h3,5-8,20-21H,4,9-19,22H2,1-2H3,(H,33,36). The van der Waals surface area contributed by atoms with E-state index in [1.807, 2.05) is 43.4 Å². The Morgan fingerprint density at radius 1 is 1.07 bits per heavy atom.